The van der Waals surface area contributed by atoms with E-state index < -0.39 is 0 Å². The maximum atomic E-state index is 6.51. The van der Waals surface area contributed by atoms with Crippen molar-refractivity contribution in [3.63, 3.8) is 0 Å². The summed E-state index contributed by atoms with van der Waals surface area (Å²) in [5, 5.41) is 7.16. The number of nitrogens with zero attached hydrogens (tertiary/aromatic N) is 3. The van der Waals surface area contributed by atoms with Crippen LogP contribution in [0.25, 0.3) is 104 Å². The molecule has 12 rings (SSSR count). The van der Waals surface area contributed by atoms with Gasteiger partial charge in [-0.25, -0.2) is 9.97 Å². The van der Waals surface area contributed by atoms with Gasteiger partial charge in [-0.15, -0.1) is 11.3 Å². The lowest BCUT2D eigenvalue weighted by Gasteiger charge is -2.35. The molecular formula is C49H31N3OS. The molecule has 11 aromatic rings. The topological polar surface area (TPSA) is 43.9 Å². The molecule has 54 heavy (non-hydrogen) atoms. The van der Waals surface area contributed by atoms with Crippen molar-refractivity contribution in [3.8, 4) is 39.5 Å². The van der Waals surface area contributed by atoms with Crippen molar-refractivity contribution in [1.82, 2.24) is 14.5 Å². The number of thiophene rings is 1. The number of aromatic nitrogens is 3. The van der Waals surface area contributed by atoms with E-state index in [1.165, 1.54) is 53.6 Å². The van der Waals surface area contributed by atoms with Gasteiger partial charge in [0.1, 0.15) is 16.0 Å². The molecule has 5 heterocycles. The van der Waals surface area contributed by atoms with E-state index in [1.807, 2.05) is 29.5 Å². The summed E-state index contributed by atoms with van der Waals surface area (Å²) in [6.45, 7) is 4.74. The Morgan fingerprint density at radius 2 is 1.26 bits per heavy atom. The van der Waals surface area contributed by atoms with Gasteiger partial charge in [0, 0.05) is 59.1 Å². The number of benzene rings is 7. The maximum Gasteiger partial charge on any atom is 0.160 e. The highest BCUT2D eigenvalue weighted by Crippen LogP contribution is 2.53. The summed E-state index contributed by atoms with van der Waals surface area (Å²) in [5.74, 6) is 0.685. The van der Waals surface area contributed by atoms with Crippen LogP contribution in [0.4, 0.5) is 0 Å². The summed E-state index contributed by atoms with van der Waals surface area (Å²) >= 11 is 1.89. The quantitative estimate of drug-likeness (QED) is 0.183. The third-order valence-corrected chi connectivity index (χ3v) is 12.8. The molecule has 7 aromatic carbocycles. The van der Waals surface area contributed by atoms with E-state index in [-0.39, 0.29) is 5.41 Å². The lowest BCUT2D eigenvalue weighted by molar-refractivity contribution is 0.631. The Morgan fingerprint density at radius 3 is 2.19 bits per heavy atom. The second kappa shape index (κ2) is 10.8. The number of fused-ring (bicyclic) bond motifs is 11. The third-order valence-electron chi connectivity index (χ3n) is 11.6. The minimum absolute atomic E-state index is 0.192. The van der Waals surface area contributed by atoms with Gasteiger partial charge >= 0.3 is 0 Å². The Morgan fingerprint density at radius 1 is 0.574 bits per heavy atom. The molecule has 0 spiro atoms. The number of hydrogen-bond acceptors (Lipinski definition) is 4. The second-order valence-corrected chi connectivity index (χ2v) is 15.9. The molecule has 1 aliphatic heterocycles. The molecule has 5 heteroatoms. The van der Waals surface area contributed by atoms with Crippen molar-refractivity contribution in [1.29, 1.82) is 0 Å². The largest absolute Gasteiger partial charge is 0.455 e. The van der Waals surface area contributed by atoms with Crippen molar-refractivity contribution in [2.75, 3.05) is 0 Å². The predicted octanol–water partition coefficient (Wildman–Crippen LogP) is 13.5. The van der Waals surface area contributed by atoms with Gasteiger partial charge in [0.05, 0.1) is 22.4 Å². The fourth-order valence-electron chi connectivity index (χ4n) is 9.09. The summed E-state index contributed by atoms with van der Waals surface area (Å²) in [6, 6.07) is 54.1. The molecule has 0 fully saturated rings. The van der Waals surface area contributed by atoms with Crippen LogP contribution in [0.2, 0.25) is 0 Å². The Bertz CT molecular complexity index is 3380. The molecule has 0 saturated carbocycles. The van der Waals surface area contributed by atoms with Crippen LogP contribution in [0.5, 0.6) is 0 Å². The highest BCUT2D eigenvalue weighted by Gasteiger charge is 2.37. The lowest BCUT2D eigenvalue weighted by Crippen LogP contribution is -2.26. The van der Waals surface area contributed by atoms with Crippen molar-refractivity contribution in [2.24, 2.45) is 0 Å². The van der Waals surface area contributed by atoms with E-state index in [4.69, 9.17) is 14.4 Å². The van der Waals surface area contributed by atoms with Crippen molar-refractivity contribution in [2.45, 2.75) is 19.3 Å². The summed E-state index contributed by atoms with van der Waals surface area (Å²) in [4.78, 5) is 11.8. The van der Waals surface area contributed by atoms with Crippen LogP contribution in [0.3, 0.4) is 0 Å². The van der Waals surface area contributed by atoms with E-state index in [1.54, 1.807) is 0 Å². The molecule has 0 amide bonds. The van der Waals surface area contributed by atoms with Crippen molar-refractivity contribution in [3.05, 3.63) is 163 Å². The van der Waals surface area contributed by atoms with Crippen LogP contribution in [0.15, 0.2) is 156 Å². The molecule has 0 aliphatic carbocycles. The molecule has 4 nitrogen and oxygen atoms in total. The average molecular weight is 710 g/mol. The van der Waals surface area contributed by atoms with E-state index in [0.29, 0.717) is 5.82 Å². The zero-order valence-electron chi connectivity index (χ0n) is 29.6. The highest BCUT2D eigenvalue weighted by atomic mass is 32.1. The molecule has 1 aliphatic rings. The van der Waals surface area contributed by atoms with Gasteiger partial charge in [-0.05, 0) is 47.0 Å². The van der Waals surface area contributed by atoms with Gasteiger partial charge in [-0.2, -0.15) is 0 Å². The SMILES string of the molecule is CC1(C)c2cccc(-c3cccc(-c4nc(-c5cccc6c5oc5ccccc56)c5ccccc5n4)c3)c2-n2c3sc4ccccc4c3c3cccc1c32. The monoisotopic (exact) mass is 709 g/mol. The average Bonchev–Trinajstić information content (AvgIpc) is 3.89. The Labute approximate surface area is 314 Å². The van der Waals surface area contributed by atoms with Crippen LogP contribution in [-0.2, 0) is 5.41 Å². The fraction of sp³-hybridized carbons (Fsp3) is 0.0612. The van der Waals surface area contributed by atoms with Crippen LogP contribution < -0.4 is 0 Å². The first-order chi connectivity index (χ1) is 26.5. The normalized spacial score (nSPS) is 13.5. The molecule has 0 bridgehead atoms. The number of hydrogen-bond donors (Lipinski definition) is 0. The Balaban J connectivity index is 1.09. The zero-order valence-corrected chi connectivity index (χ0v) is 30.4. The van der Waals surface area contributed by atoms with Gasteiger partial charge < -0.3 is 4.42 Å². The van der Waals surface area contributed by atoms with Gasteiger partial charge in [-0.3, -0.25) is 4.57 Å². The first-order valence-electron chi connectivity index (χ1n) is 18.4. The van der Waals surface area contributed by atoms with Crippen LogP contribution >= 0.6 is 11.3 Å². The zero-order chi connectivity index (χ0) is 35.7. The second-order valence-electron chi connectivity index (χ2n) is 14.9. The number of furan rings is 1. The van der Waals surface area contributed by atoms with Gasteiger partial charge in [0.25, 0.3) is 0 Å². The van der Waals surface area contributed by atoms with Gasteiger partial charge in [0.2, 0.25) is 0 Å². The Hall–Kier alpha value is -6.56. The molecule has 0 radical (unpaired) electrons. The number of para-hydroxylation sites is 5. The van der Waals surface area contributed by atoms with E-state index >= 15 is 0 Å². The smallest absolute Gasteiger partial charge is 0.160 e. The summed E-state index contributed by atoms with van der Waals surface area (Å²) in [5.41, 5.74) is 12.8. The number of rotatable bonds is 3. The molecular weight excluding hydrogens is 679 g/mol. The van der Waals surface area contributed by atoms with Crippen LogP contribution in [0.1, 0.15) is 25.0 Å². The first-order valence-corrected chi connectivity index (χ1v) is 19.2. The molecule has 4 aromatic heterocycles. The summed E-state index contributed by atoms with van der Waals surface area (Å²) in [6.07, 6.45) is 0. The minimum Gasteiger partial charge on any atom is -0.455 e. The molecule has 254 valence electrons. The molecule has 0 N–H and O–H groups in total. The standard InChI is InChI=1S/C49H31N3OS/c1-49(2)37-22-11-18-30(44(37)52-45-35(20-12-23-38(45)49)42-34-17-5-8-26-41(34)54-48(42)52)28-13-9-14-29(27-28)47-50-39-24-6-3-16-33(39)43(51-47)36-21-10-19-32-31-15-4-7-25-40(31)53-46(32)36/h3-27H,1-2H3. The summed E-state index contributed by atoms with van der Waals surface area (Å²) < 4.78 is 10.4. The van der Waals surface area contributed by atoms with Gasteiger partial charge in [0.15, 0.2) is 5.82 Å². The predicted molar refractivity (Wildman–Crippen MR) is 225 cm³/mol. The third kappa shape index (κ3) is 3.97. The van der Waals surface area contributed by atoms with E-state index in [0.717, 1.165) is 55.2 Å². The van der Waals surface area contributed by atoms with Crippen LogP contribution in [-0.4, -0.2) is 14.5 Å². The first kappa shape index (κ1) is 30.0. The van der Waals surface area contributed by atoms with Crippen molar-refractivity contribution < 1.29 is 4.42 Å². The maximum absolute atomic E-state index is 6.51. The van der Waals surface area contributed by atoms with E-state index in [2.05, 4.69) is 152 Å². The lowest BCUT2D eigenvalue weighted by atomic mass is 9.73. The Kier molecular flexibility index (Phi) is 5.96. The van der Waals surface area contributed by atoms with Crippen molar-refractivity contribution >= 4 is 75.4 Å². The highest BCUT2D eigenvalue weighted by molar-refractivity contribution is 7.25. The van der Waals surface area contributed by atoms with Gasteiger partial charge in [-0.1, -0.05) is 135 Å². The molecule has 0 unspecified atom stereocenters. The van der Waals surface area contributed by atoms with E-state index in [9.17, 15) is 0 Å². The fourth-order valence-corrected chi connectivity index (χ4v) is 10.3. The summed E-state index contributed by atoms with van der Waals surface area (Å²) in [7, 11) is 0. The molecule has 0 atom stereocenters. The van der Waals surface area contributed by atoms with Crippen LogP contribution in [0, 0.1) is 0 Å². The molecule has 0 saturated heterocycles. The minimum atomic E-state index is -0.192.